The molecule has 1 saturated heterocycles. The third-order valence-electron chi connectivity index (χ3n) is 4.12. The minimum absolute atomic E-state index is 0.296. The molecular formula is C14H21NO6P4. The summed E-state index contributed by atoms with van der Waals surface area (Å²) in [6, 6.07) is 7.78. The maximum Gasteiger partial charge on any atom is 0.229 e. The van der Waals surface area contributed by atoms with E-state index in [2.05, 4.69) is 42.9 Å². The first-order valence-corrected chi connectivity index (χ1v) is 9.38. The van der Waals surface area contributed by atoms with Crippen molar-refractivity contribution in [1.82, 2.24) is 4.98 Å². The molecule has 5 unspecified atom stereocenters. The molecule has 2 heterocycles. The molecule has 1 aromatic carbocycles. The van der Waals surface area contributed by atoms with Crippen LogP contribution in [0.2, 0.25) is 0 Å². The lowest BCUT2D eigenvalue weighted by Gasteiger charge is -2.43. The second kappa shape index (κ2) is 9.33. The molecule has 138 valence electrons. The second-order valence-corrected chi connectivity index (χ2v) is 6.64. The zero-order valence-corrected chi connectivity index (χ0v) is 17.9. The van der Waals surface area contributed by atoms with E-state index in [9.17, 15) is 0 Å². The van der Waals surface area contributed by atoms with Gasteiger partial charge in [0.25, 0.3) is 0 Å². The van der Waals surface area contributed by atoms with Gasteiger partial charge in [-0.1, -0.05) is 12.1 Å². The highest BCUT2D eigenvalue weighted by Crippen LogP contribution is 2.34. The number of nitrogens with one attached hydrogen (secondary N) is 1. The van der Waals surface area contributed by atoms with Gasteiger partial charge in [-0.05, 0) is 12.1 Å². The van der Waals surface area contributed by atoms with Crippen molar-refractivity contribution in [3.8, 4) is 5.75 Å². The summed E-state index contributed by atoms with van der Waals surface area (Å²) in [5, 5.41) is 1.05. The number of aromatic amines is 1. The Morgan fingerprint density at radius 3 is 2.40 bits per heavy atom. The van der Waals surface area contributed by atoms with Crippen molar-refractivity contribution >= 4 is 48.8 Å². The van der Waals surface area contributed by atoms with Crippen molar-refractivity contribution in [2.75, 3.05) is 6.61 Å². The Hall–Kier alpha value is 0.0800. The summed E-state index contributed by atoms with van der Waals surface area (Å²) in [7, 11) is 8.93. The molecule has 7 nitrogen and oxygen atoms in total. The van der Waals surface area contributed by atoms with E-state index in [4.69, 9.17) is 27.6 Å². The molecule has 1 aromatic heterocycles. The minimum atomic E-state index is -0.710. The van der Waals surface area contributed by atoms with Crippen LogP contribution in [-0.4, -0.2) is 42.3 Å². The molecule has 0 bridgehead atoms. The van der Waals surface area contributed by atoms with Crippen LogP contribution in [0.25, 0.3) is 10.9 Å². The van der Waals surface area contributed by atoms with Gasteiger partial charge in [0.15, 0.2) is 6.10 Å². The van der Waals surface area contributed by atoms with Gasteiger partial charge in [-0.2, -0.15) is 0 Å². The van der Waals surface area contributed by atoms with Crippen molar-refractivity contribution in [3.05, 3.63) is 30.5 Å². The molecule has 0 radical (unpaired) electrons. The number of H-pyrrole nitrogens is 1. The van der Waals surface area contributed by atoms with E-state index in [1.165, 1.54) is 0 Å². The number of ether oxygens (including phenoxy) is 2. The molecule has 1 aliphatic rings. The van der Waals surface area contributed by atoms with Crippen LogP contribution in [0.3, 0.4) is 0 Å². The van der Waals surface area contributed by atoms with Crippen LogP contribution in [0.15, 0.2) is 30.5 Å². The molecule has 0 aliphatic carbocycles. The quantitative estimate of drug-likeness (QED) is 0.691. The lowest BCUT2D eigenvalue weighted by molar-refractivity contribution is -0.254. The van der Waals surface area contributed by atoms with Gasteiger partial charge in [-0.3, -0.25) is 0 Å². The Morgan fingerprint density at radius 2 is 1.72 bits per heavy atom. The Kier molecular flexibility index (Phi) is 7.40. The zero-order valence-electron chi connectivity index (χ0n) is 13.2. The highest BCUT2D eigenvalue weighted by atomic mass is 31.0. The minimum Gasteiger partial charge on any atom is -0.460 e. The summed E-state index contributed by atoms with van der Waals surface area (Å²) in [6.45, 7) is 0.296. The average Bonchev–Trinajstić information content (AvgIpc) is 3.11. The van der Waals surface area contributed by atoms with E-state index >= 15 is 0 Å². The Labute approximate surface area is 155 Å². The van der Waals surface area contributed by atoms with Crippen molar-refractivity contribution in [1.29, 1.82) is 0 Å². The molecule has 0 amide bonds. The summed E-state index contributed by atoms with van der Waals surface area (Å²) in [5.41, 5.74) is 0.889. The topological polar surface area (TPSA) is 71.2 Å². The smallest absolute Gasteiger partial charge is 0.229 e. The molecule has 3 rings (SSSR count). The van der Waals surface area contributed by atoms with Gasteiger partial charge in [0, 0.05) is 49.5 Å². The lowest BCUT2D eigenvalue weighted by Crippen LogP contribution is -2.60. The molecule has 11 heteroatoms. The fraction of sp³-hybridized carbons (Fsp3) is 0.429. The molecule has 0 saturated carbocycles. The molecular weight excluding hydrogens is 402 g/mol. The largest absolute Gasteiger partial charge is 0.460 e. The number of rotatable bonds is 7. The van der Waals surface area contributed by atoms with E-state index in [-0.39, 0.29) is 0 Å². The van der Waals surface area contributed by atoms with E-state index in [1.807, 2.05) is 30.5 Å². The summed E-state index contributed by atoms with van der Waals surface area (Å²) in [5.74, 6) is 0.665. The van der Waals surface area contributed by atoms with Gasteiger partial charge in [0.1, 0.15) is 24.1 Å². The van der Waals surface area contributed by atoms with E-state index in [0.29, 0.717) is 12.4 Å². The van der Waals surface area contributed by atoms with Crippen molar-refractivity contribution in [3.63, 3.8) is 0 Å². The molecule has 0 spiro atoms. The summed E-state index contributed by atoms with van der Waals surface area (Å²) in [6.07, 6.45) is -0.621. The second-order valence-electron chi connectivity index (χ2n) is 5.49. The maximum atomic E-state index is 6.13. The number of para-hydroxylation sites is 1. The highest BCUT2D eigenvalue weighted by Gasteiger charge is 2.48. The average molecular weight is 423 g/mol. The SMILES string of the molecule is POC[C@H]1O[C@@H](Oc2cccc3cc[nH]c23)[C@H](OP)[C@@H](OP)C1OP. The van der Waals surface area contributed by atoms with Crippen LogP contribution in [0.4, 0.5) is 0 Å². The van der Waals surface area contributed by atoms with Gasteiger partial charge in [-0.15, -0.1) is 0 Å². The molecule has 25 heavy (non-hydrogen) atoms. The molecule has 9 atom stereocenters. The van der Waals surface area contributed by atoms with Crippen LogP contribution >= 0.6 is 37.9 Å². The van der Waals surface area contributed by atoms with Crippen LogP contribution in [0, 0.1) is 0 Å². The maximum absolute atomic E-state index is 6.13. The Balaban J connectivity index is 1.88. The van der Waals surface area contributed by atoms with Crippen molar-refractivity contribution in [2.45, 2.75) is 30.7 Å². The van der Waals surface area contributed by atoms with Crippen LogP contribution < -0.4 is 4.74 Å². The fourth-order valence-corrected chi connectivity index (χ4v) is 4.06. The van der Waals surface area contributed by atoms with Gasteiger partial charge < -0.3 is 32.6 Å². The van der Waals surface area contributed by atoms with E-state index in [0.717, 1.165) is 10.9 Å². The molecule has 1 fully saturated rings. The Bertz CT molecular complexity index is 688. The fourth-order valence-electron chi connectivity index (χ4n) is 2.95. The van der Waals surface area contributed by atoms with Gasteiger partial charge in [0.05, 0.1) is 12.1 Å². The molecule has 2 aromatic rings. The summed E-state index contributed by atoms with van der Waals surface area (Å²) < 4.78 is 33.8. The van der Waals surface area contributed by atoms with Crippen LogP contribution in [-0.2, 0) is 22.8 Å². The monoisotopic (exact) mass is 423 g/mol. The predicted molar refractivity (Wildman–Crippen MR) is 107 cm³/mol. The Morgan fingerprint density at radius 1 is 0.960 bits per heavy atom. The highest BCUT2D eigenvalue weighted by molar-refractivity contribution is 7.10. The molecule has 1 aliphatic heterocycles. The number of fused-ring (bicyclic) bond motifs is 1. The number of benzene rings is 1. The lowest BCUT2D eigenvalue weighted by atomic mass is 9.99. The van der Waals surface area contributed by atoms with E-state index < -0.39 is 30.7 Å². The van der Waals surface area contributed by atoms with Crippen molar-refractivity contribution < 1.29 is 27.6 Å². The number of aromatic nitrogens is 1. The normalized spacial score (nSPS) is 29.8. The van der Waals surface area contributed by atoms with Crippen LogP contribution in [0.1, 0.15) is 0 Å². The van der Waals surface area contributed by atoms with Gasteiger partial charge in [0.2, 0.25) is 6.29 Å². The third kappa shape index (κ3) is 4.17. The predicted octanol–water partition coefficient (Wildman–Crippen LogP) is 2.60. The van der Waals surface area contributed by atoms with Crippen LogP contribution in [0.5, 0.6) is 5.75 Å². The summed E-state index contributed by atoms with van der Waals surface area (Å²) in [4.78, 5) is 3.17. The standard InChI is InChI=1S/C14H21NO6P4/c22-16-6-9-11(19-23)12(20-24)13(21-25)14(18-9)17-8-3-1-2-7-4-5-15-10(7)8/h1-5,9,11-15H,6,22-25H2/t9-,11?,12+,13-,14-/m1/s1. The first-order valence-electron chi connectivity index (χ1n) is 7.50. The van der Waals surface area contributed by atoms with Gasteiger partial charge >= 0.3 is 0 Å². The number of hydrogen-bond donors (Lipinski definition) is 1. The first-order chi connectivity index (χ1) is 12.2. The zero-order chi connectivity index (χ0) is 17.8. The van der Waals surface area contributed by atoms with E-state index in [1.54, 1.807) is 0 Å². The third-order valence-corrected chi connectivity index (χ3v) is 5.25. The van der Waals surface area contributed by atoms with Crippen molar-refractivity contribution in [2.24, 2.45) is 0 Å². The number of hydrogen-bond acceptors (Lipinski definition) is 6. The molecule has 1 N–H and O–H groups in total. The first kappa shape index (κ1) is 19.8. The summed E-state index contributed by atoms with van der Waals surface area (Å²) >= 11 is 0. The van der Waals surface area contributed by atoms with Gasteiger partial charge in [-0.25, -0.2) is 0 Å².